The number of aromatic carboxylic acids is 1. The Balaban J connectivity index is 3.32. The molecule has 58 valence electrons. The molecular formula is C6H4ClNO3. The molecule has 1 aromatic heterocycles. The van der Waals surface area contributed by atoms with Crippen LogP contribution in [0.2, 0.25) is 5.15 Å². The van der Waals surface area contributed by atoms with Gasteiger partial charge in [0.05, 0.1) is 0 Å². The molecule has 0 saturated carbocycles. The highest BCUT2D eigenvalue weighted by Gasteiger charge is 2.06. The van der Waals surface area contributed by atoms with Crippen LogP contribution in [-0.2, 0) is 0 Å². The third-order valence-corrected chi connectivity index (χ3v) is 1.32. The van der Waals surface area contributed by atoms with Crippen molar-refractivity contribution in [3.63, 3.8) is 0 Å². The molecule has 1 heterocycles. The molecule has 1 rings (SSSR count). The normalized spacial score (nSPS) is 9.55. The number of carboxylic acids is 1. The highest BCUT2D eigenvalue weighted by atomic mass is 35.5. The third-order valence-electron chi connectivity index (χ3n) is 1.10. The quantitative estimate of drug-likeness (QED) is 0.615. The maximum absolute atomic E-state index is 10.8. The summed E-state index contributed by atoms with van der Waals surface area (Å²) in [6, 6.07) is 2.47. The standard InChI is InChI=1S/C6H4ClNO3/c7-4-2-1-3(6(10)11)5(9)8-4/h1-2H,(H,8,9)(H,10,11). The van der Waals surface area contributed by atoms with Gasteiger partial charge in [-0.15, -0.1) is 0 Å². The molecule has 0 radical (unpaired) electrons. The molecule has 0 unspecified atom stereocenters. The van der Waals surface area contributed by atoms with E-state index in [-0.39, 0.29) is 10.7 Å². The van der Waals surface area contributed by atoms with Gasteiger partial charge in [0.1, 0.15) is 10.7 Å². The lowest BCUT2D eigenvalue weighted by molar-refractivity contribution is 0.0695. The minimum Gasteiger partial charge on any atom is -0.477 e. The Morgan fingerprint density at radius 3 is 2.64 bits per heavy atom. The second kappa shape index (κ2) is 2.75. The first-order chi connectivity index (χ1) is 5.11. The summed E-state index contributed by atoms with van der Waals surface area (Å²) in [5.41, 5.74) is -1.00. The average Bonchev–Trinajstić information content (AvgIpc) is 1.85. The number of aromatic nitrogens is 1. The van der Waals surface area contributed by atoms with Crippen molar-refractivity contribution < 1.29 is 9.90 Å². The zero-order valence-corrected chi connectivity index (χ0v) is 6.05. The molecule has 0 fully saturated rings. The predicted molar refractivity (Wildman–Crippen MR) is 39.0 cm³/mol. The molecular weight excluding hydrogens is 170 g/mol. The van der Waals surface area contributed by atoms with Gasteiger partial charge in [0.25, 0.3) is 5.56 Å². The molecule has 1 aromatic rings. The summed E-state index contributed by atoms with van der Waals surface area (Å²) in [7, 11) is 0. The van der Waals surface area contributed by atoms with E-state index in [0.29, 0.717) is 0 Å². The number of rotatable bonds is 1. The molecule has 0 aliphatic carbocycles. The number of carbonyl (C=O) groups is 1. The number of aromatic amines is 1. The lowest BCUT2D eigenvalue weighted by Crippen LogP contribution is -2.16. The van der Waals surface area contributed by atoms with Crippen LogP contribution in [0, 0.1) is 0 Å². The maximum atomic E-state index is 10.8. The molecule has 0 spiro atoms. The van der Waals surface area contributed by atoms with Gasteiger partial charge >= 0.3 is 5.97 Å². The molecule has 2 N–H and O–H groups in total. The lowest BCUT2D eigenvalue weighted by atomic mass is 10.3. The Labute approximate surface area is 66.4 Å². The fraction of sp³-hybridized carbons (Fsp3) is 0. The number of carboxylic acid groups (broad SMARTS) is 1. The Bertz CT molecular complexity index is 344. The van der Waals surface area contributed by atoms with Crippen molar-refractivity contribution in [2.24, 2.45) is 0 Å². The van der Waals surface area contributed by atoms with E-state index in [4.69, 9.17) is 16.7 Å². The summed E-state index contributed by atoms with van der Waals surface area (Å²) in [6.45, 7) is 0. The summed E-state index contributed by atoms with van der Waals surface area (Å²) in [5, 5.41) is 8.52. The van der Waals surface area contributed by atoms with E-state index < -0.39 is 11.5 Å². The van der Waals surface area contributed by atoms with E-state index >= 15 is 0 Å². The Kier molecular flexibility index (Phi) is 1.96. The first-order valence-corrected chi connectivity index (χ1v) is 3.11. The van der Waals surface area contributed by atoms with Crippen molar-refractivity contribution in [2.75, 3.05) is 0 Å². The van der Waals surface area contributed by atoms with Crippen molar-refractivity contribution >= 4 is 17.6 Å². The molecule has 5 heteroatoms. The number of pyridine rings is 1. The third kappa shape index (κ3) is 1.59. The molecule has 4 nitrogen and oxygen atoms in total. The van der Waals surface area contributed by atoms with E-state index in [9.17, 15) is 9.59 Å². The largest absolute Gasteiger partial charge is 0.477 e. The number of halogens is 1. The Hall–Kier alpha value is -1.29. The zero-order chi connectivity index (χ0) is 8.43. The summed E-state index contributed by atoms with van der Waals surface area (Å²) in [4.78, 5) is 23.2. The van der Waals surface area contributed by atoms with Crippen LogP contribution >= 0.6 is 11.6 Å². The molecule has 0 aromatic carbocycles. The fourth-order valence-corrected chi connectivity index (χ4v) is 0.767. The van der Waals surface area contributed by atoms with Crippen molar-refractivity contribution in [2.45, 2.75) is 0 Å². The van der Waals surface area contributed by atoms with Gasteiger partial charge in [0.15, 0.2) is 0 Å². The second-order valence-corrected chi connectivity index (χ2v) is 2.26. The van der Waals surface area contributed by atoms with E-state index in [1.807, 2.05) is 0 Å². The molecule has 0 aliphatic rings. The van der Waals surface area contributed by atoms with Crippen LogP contribution in [0.3, 0.4) is 0 Å². The minimum atomic E-state index is -1.26. The molecule has 0 atom stereocenters. The van der Waals surface area contributed by atoms with Crippen molar-refractivity contribution in [1.82, 2.24) is 4.98 Å². The summed E-state index contributed by atoms with van der Waals surface area (Å²) in [6.07, 6.45) is 0. The van der Waals surface area contributed by atoms with Gasteiger partial charge in [-0.2, -0.15) is 0 Å². The van der Waals surface area contributed by atoms with E-state index in [1.165, 1.54) is 6.07 Å². The molecule has 0 amide bonds. The van der Waals surface area contributed by atoms with Crippen molar-refractivity contribution in [3.05, 3.63) is 33.2 Å². The predicted octanol–water partition coefficient (Wildman–Crippen LogP) is 0.726. The second-order valence-electron chi connectivity index (χ2n) is 1.85. The number of hydrogen-bond donors (Lipinski definition) is 2. The van der Waals surface area contributed by atoms with Gasteiger partial charge in [-0.25, -0.2) is 4.79 Å². The first kappa shape index (κ1) is 7.81. The van der Waals surface area contributed by atoms with Crippen LogP contribution in [0.25, 0.3) is 0 Å². The molecule has 0 saturated heterocycles. The summed E-state index contributed by atoms with van der Waals surface area (Å²) < 4.78 is 0. The Morgan fingerprint density at radius 2 is 2.18 bits per heavy atom. The first-order valence-electron chi connectivity index (χ1n) is 2.73. The smallest absolute Gasteiger partial charge is 0.341 e. The highest BCUT2D eigenvalue weighted by Crippen LogP contribution is 2.00. The topological polar surface area (TPSA) is 70.2 Å². The van der Waals surface area contributed by atoms with Gasteiger partial charge in [-0.3, -0.25) is 4.79 Å². The minimum absolute atomic E-state index is 0.125. The molecule has 11 heavy (non-hydrogen) atoms. The monoisotopic (exact) mass is 173 g/mol. The van der Waals surface area contributed by atoms with Crippen LogP contribution in [0.4, 0.5) is 0 Å². The van der Waals surface area contributed by atoms with Gasteiger partial charge in [0.2, 0.25) is 0 Å². The van der Waals surface area contributed by atoms with Gasteiger partial charge < -0.3 is 10.1 Å². The average molecular weight is 174 g/mol. The van der Waals surface area contributed by atoms with Crippen molar-refractivity contribution in [1.29, 1.82) is 0 Å². The van der Waals surface area contributed by atoms with E-state index in [0.717, 1.165) is 6.07 Å². The number of hydrogen-bond acceptors (Lipinski definition) is 2. The van der Waals surface area contributed by atoms with Crippen LogP contribution in [0.5, 0.6) is 0 Å². The zero-order valence-electron chi connectivity index (χ0n) is 5.30. The maximum Gasteiger partial charge on any atom is 0.341 e. The van der Waals surface area contributed by atoms with Crippen LogP contribution < -0.4 is 5.56 Å². The lowest BCUT2D eigenvalue weighted by Gasteiger charge is -1.91. The highest BCUT2D eigenvalue weighted by molar-refractivity contribution is 6.29. The molecule has 0 aliphatic heterocycles. The van der Waals surface area contributed by atoms with Gasteiger partial charge in [-0.1, -0.05) is 11.6 Å². The number of nitrogens with one attached hydrogen (secondary N) is 1. The van der Waals surface area contributed by atoms with E-state index in [1.54, 1.807) is 0 Å². The fourth-order valence-electron chi connectivity index (χ4n) is 0.618. The summed E-state index contributed by atoms with van der Waals surface area (Å²) >= 11 is 5.37. The number of H-pyrrole nitrogens is 1. The SMILES string of the molecule is O=C(O)c1ccc(Cl)[nH]c1=O. The van der Waals surface area contributed by atoms with Crippen LogP contribution in [-0.4, -0.2) is 16.1 Å². The van der Waals surface area contributed by atoms with Crippen LogP contribution in [0.1, 0.15) is 10.4 Å². The molecule has 0 bridgehead atoms. The Morgan fingerprint density at radius 1 is 1.55 bits per heavy atom. The van der Waals surface area contributed by atoms with Crippen molar-refractivity contribution in [3.8, 4) is 0 Å². The van der Waals surface area contributed by atoms with E-state index in [2.05, 4.69) is 4.98 Å². The van der Waals surface area contributed by atoms with Gasteiger partial charge in [-0.05, 0) is 12.1 Å². The van der Waals surface area contributed by atoms with Crippen LogP contribution in [0.15, 0.2) is 16.9 Å². The van der Waals surface area contributed by atoms with Gasteiger partial charge in [0, 0.05) is 0 Å². The summed E-state index contributed by atoms with van der Waals surface area (Å²) in [5.74, 6) is -1.26.